The molecule has 4 rings (SSSR count). The third-order valence-electron chi connectivity index (χ3n) is 5.14. The number of aryl methyl sites for hydroxylation is 1. The van der Waals surface area contributed by atoms with Crippen molar-refractivity contribution in [3.05, 3.63) is 68.8 Å². The molecule has 1 aliphatic carbocycles. The fraction of sp³-hybridized carbons (Fsp3) is 0.318. The average molecular weight is 413 g/mol. The van der Waals surface area contributed by atoms with Crippen LogP contribution < -0.4 is 15.7 Å². The lowest BCUT2D eigenvalue weighted by atomic mass is 9.90. The van der Waals surface area contributed by atoms with Gasteiger partial charge in [0.25, 0.3) is 5.91 Å². The van der Waals surface area contributed by atoms with E-state index < -0.39 is 6.10 Å². The number of nitrogens with one attached hydrogen (secondary N) is 1. The zero-order valence-corrected chi connectivity index (χ0v) is 16.8. The number of pyridine rings is 1. The van der Waals surface area contributed by atoms with Gasteiger partial charge in [-0.25, -0.2) is 4.79 Å². The first kappa shape index (κ1) is 19.5. The second kappa shape index (κ2) is 8.25. The predicted octanol–water partition coefficient (Wildman–Crippen LogP) is 3.80. The Morgan fingerprint density at radius 1 is 1.31 bits per heavy atom. The summed E-state index contributed by atoms with van der Waals surface area (Å²) in [7, 11) is 0. The van der Waals surface area contributed by atoms with Gasteiger partial charge in [-0.15, -0.1) is 0 Å². The Labute approximate surface area is 172 Å². The molecule has 0 unspecified atom stereocenters. The zero-order valence-electron chi connectivity index (χ0n) is 16.0. The van der Waals surface area contributed by atoms with Crippen molar-refractivity contribution >= 4 is 28.5 Å². The molecule has 150 valence electrons. The largest absolute Gasteiger partial charge is 0.479 e. The molecule has 0 bridgehead atoms. The van der Waals surface area contributed by atoms with Gasteiger partial charge in [-0.3, -0.25) is 9.78 Å². The number of hydrogen-bond donors (Lipinski definition) is 1. The maximum atomic E-state index is 12.4. The quantitative estimate of drug-likeness (QED) is 0.644. The maximum Gasteiger partial charge on any atom is 0.339 e. The number of benzene rings is 1. The van der Waals surface area contributed by atoms with Gasteiger partial charge in [-0.05, 0) is 55.9 Å². The number of hydrogen-bond acceptors (Lipinski definition) is 5. The summed E-state index contributed by atoms with van der Waals surface area (Å²) in [6, 6.07) is 7.04. The highest BCUT2D eigenvalue weighted by Crippen LogP contribution is 2.34. The summed E-state index contributed by atoms with van der Waals surface area (Å²) in [4.78, 5) is 28.7. The van der Waals surface area contributed by atoms with Crippen molar-refractivity contribution in [3.8, 4) is 5.75 Å². The van der Waals surface area contributed by atoms with Crippen molar-refractivity contribution in [1.82, 2.24) is 10.3 Å². The van der Waals surface area contributed by atoms with Crippen LogP contribution in [0.4, 0.5) is 0 Å². The monoisotopic (exact) mass is 412 g/mol. The molecule has 1 N–H and O–H groups in total. The summed E-state index contributed by atoms with van der Waals surface area (Å²) >= 11 is 6.42. The minimum atomic E-state index is -0.772. The Balaban J connectivity index is 1.53. The van der Waals surface area contributed by atoms with E-state index in [2.05, 4.69) is 10.3 Å². The van der Waals surface area contributed by atoms with Crippen molar-refractivity contribution in [1.29, 1.82) is 0 Å². The predicted molar refractivity (Wildman–Crippen MR) is 110 cm³/mol. The Hall–Kier alpha value is -2.86. The molecule has 1 amide bonds. The van der Waals surface area contributed by atoms with Crippen LogP contribution in [0.5, 0.6) is 5.75 Å². The first-order chi connectivity index (χ1) is 14.0. The molecule has 1 aliphatic rings. The number of nitrogens with zero attached hydrogens (tertiary/aromatic N) is 1. The van der Waals surface area contributed by atoms with Gasteiger partial charge in [0, 0.05) is 36.0 Å². The Kier molecular flexibility index (Phi) is 5.53. The van der Waals surface area contributed by atoms with E-state index >= 15 is 0 Å². The van der Waals surface area contributed by atoms with Crippen LogP contribution in [-0.4, -0.2) is 17.0 Å². The van der Waals surface area contributed by atoms with Crippen LogP contribution in [0.2, 0.25) is 5.02 Å². The molecule has 2 heterocycles. The molecule has 29 heavy (non-hydrogen) atoms. The zero-order chi connectivity index (χ0) is 20.4. The van der Waals surface area contributed by atoms with Gasteiger partial charge in [-0.1, -0.05) is 17.7 Å². The summed E-state index contributed by atoms with van der Waals surface area (Å²) < 4.78 is 11.3. The lowest BCUT2D eigenvalue weighted by molar-refractivity contribution is -0.127. The molecule has 0 aliphatic heterocycles. The summed E-state index contributed by atoms with van der Waals surface area (Å²) in [6.45, 7) is 2.00. The number of ether oxygens (including phenoxy) is 1. The van der Waals surface area contributed by atoms with Crippen molar-refractivity contribution in [2.24, 2.45) is 0 Å². The molecule has 0 saturated carbocycles. The van der Waals surface area contributed by atoms with E-state index in [9.17, 15) is 9.59 Å². The number of rotatable bonds is 5. The van der Waals surface area contributed by atoms with E-state index in [4.69, 9.17) is 20.8 Å². The summed E-state index contributed by atoms with van der Waals surface area (Å²) in [5.41, 5.74) is 2.78. The average Bonchev–Trinajstić information content (AvgIpc) is 2.74. The van der Waals surface area contributed by atoms with Crippen LogP contribution in [0, 0.1) is 0 Å². The van der Waals surface area contributed by atoms with Gasteiger partial charge in [0.15, 0.2) is 6.10 Å². The van der Waals surface area contributed by atoms with E-state index in [1.165, 1.54) is 0 Å². The highest BCUT2D eigenvalue weighted by molar-refractivity contribution is 6.32. The first-order valence-electron chi connectivity index (χ1n) is 9.64. The fourth-order valence-electron chi connectivity index (χ4n) is 3.61. The van der Waals surface area contributed by atoms with Crippen LogP contribution in [0.25, 0.3) is 11.0 Å². The number of aromatic nitrogens is 1. The van der Waals surface area contributed by atoms with Gasteiger partial charge in [0.2, 0.25) is 0 Å². The third kappa shape index (κ3) is 4.12. The molecule has 1 aromatic carbocycles. The third-order valence-corrected chi connectivity index (χ3v) is 5.43. The number of fused-ring (bicyclic) bond motifs is 3. The van der Waals surface area contributed by atoms with Crippen molar-refractivity contribution in [2.75, 3.05) is 0 Å². The Morgan fingerprint density at radius 3 is 2.86 bits per heavy atom. The summed E-state index contributed by atoms with van der Waals surface area (Å²) in [5.74, 6) is 0.0269. The van der Waals surface area contributed by atoms with E-state index in [0.29, 0.717) is 22.9 Å². The lowest BCUT2D eigenvalue weighted by Gasteiger charge is -2.18. The molecule has 6 nitrogen and oxygen atoms in total. The molecule has 0 fully saturated rings. The smallest absolute Gasteiger partial charge is 0.339 e. The Morgan fingerprint density at radius 2 is 2.10 bits per heavy atom. The van der Waals surface area contributed by atoms with Crippen LogP contribution in [0.1, 0.15) is 36.5 Å². The fourth-order valence-corrected chi connectivity index (χ4v) is 3.82. The number of halogens is 1. The topological polar surface area (TPSA) is 81.4 Å². The van der Waals surface area contributed by atoms with Gasteiger partial charge in [-0.2, -0.15) is 0 Å². The minimum absolute atomic E-state index is 0.281. The van der Waals surface area contributed by atoms with Gasteiger partial charge in [0.1, 0.15) is 11.3 Å². The van der Waals surface area contributed by atoms with E-state index in [1.807, 2.05) is 12.1 Å². The molecule has 7 heteroatoms. The van der Waals surface area contributed by atoms with Crippen molar-refractivity contribution in [3.63, 3.8) is 0 Å². The molecule has 3 aromatic rings. The van der Waals surface area contributed by atoms with E-state index in [1.54, 1.807) is 31.5 Å². The lowest BCUT2D eigenvalue weighted by Crippen LogP contribution is -2.36. The summed E-state index contributed by atoms with van der Waals surface area (Å²) in [5, 5.41) is 4.02. The van der Waals surface area contributed by atoms with Crippen molar-refractivity contribution < 1.29 is 13.9 Å². The number of carbonyl (C=O) groups excluding carboxylic acids is 1. The van der Waals surface area contributed by atoms with E-state index in [0.717, 1.165) is 47.8 Å². The standard InChI is InChI=1S/C22H21ClN2O4/c1-13(21(26)25-12-14-5-4-8-24-11-14)28-20-10-19-17(9-18(20)23)15-6-2-3-7-16(15)22(27)29-19/h4-5,8-11,13H,2-3,6-7,12H2,1H3,(H,25,26)/t13-/m1/s1. The first-order valence-corrected chi connectivity index (χ1v) is 10.0. The molecular weight excluding hydrogens is 392 g/mol. The van der Waals surface area contributed by atoms with Crippen LogP contribution >= 0.6 is 11.6 Å². The molecule has 0 radical (unpaired) electrons. The maximum absolute atomic E-state index is 12.4. The van der Waals surface area contributed by atoms with Gasteiger partial charge >= 0.3 is 5.63 Å². The molecule has 1 atom stereocenters. The number of carbonyl (C=O) groups is 1. The SMILES string of the molecule is C[C@@H](Oc1cc2oc(=O)c3c(c2cc1Cl)CCCC3)C(=O)NCc1cccnc1. The minimum Gasteiger partial charge on any atom is -0.479 e. The van der Waals surface area contributed by atoms with Crippen LogP contribution in [0.3, 0.4) is 0 Å². The van der Waals surface area contributed by atoms with Crippen molar-refractivity contribution in [2.45, 2.75) is 45.3 Å². The normalized spacial score (nSPS) is 14.3. The van der Waals surface area contributed by atoms with Gasteiger partial charge < -0.3 is 14.5 Å². The highest BCUT2D eigenvalue weighted by atomic mass is 35.5. The molecule has 2 aromatic heterocycles. The second-order valence-electron chi connectivity index (χ2n) is 7.17. The van der Waals surface area contributed by atoms with Crippen LogP contribution in [0.15, 0.2) is 45.9 Å². The number of amides is 1. The highest BCUT2D eigenvalue weighted by Gasteiger charge is 2.21. The summed E-state index contributed by atoms with van der Waals surface area (Å²) in [6.07, 6.45) is 6.19. The van der Waals surface area contributed by atoms with Gasteiger partial charge in [0.05, 0.1) is 5.02 Å². The molecular formula is C22H21ClN2O4. The molecule has 0 spiro atoms. The molecule has 0 saturated heterocycles. The van der Waals surface area contributed by atoms with Crippen LogP contribution in [-0.2, 0) is 24.2 Å². The van der Waals surface area contributed by atoms with E-state index in [-0.39, 0.29) is 11.5 Å². The Bertz CT molecular complexity index is 1110. The second-order valence-corrected chi connectivity index (χ2v) is 7.58.